The first-order valence-corrected chi connectivity index (χ1v) is 6.60. The molecule has 0 saturated carbocycles. The topological polar surface area (TPSA) is 29.1 Å². The molecule has 0 atom stereocenters. The lowest BCUT2D eigenvalue weighted by molar-refractivity contribution is 0.102. The van der Waals surface area contributed by atoms with Gasteiger partial charge in [-0.15, -0.1) is 0 Å². The van der Waals surface area contributed by atoms with Crippen LogP contribution in [-0.4, -0.2) is 5.91 Å². The predicted octanol–water partition coefficient (Wildman–Crippen LogP) is 4.46. The van der Waals surface area contributed by atoms with Crippen molar-refractivity contribution in [3.8, 4) is 0 Å². The van der Waals surface area contributed by atoms with E-state index >= 15 is 0 Å². The Kier molecular flexibility index (Phi) is 4.00. The first-order valence-electron chi connectivity index (χ1n) is 5.81. The lowest BCUT2D eigenvalue weighted by atomic mass is 10.1. The molecule has 0 fully saturated rings. The molecule has 2 aromatic rings. The number of halogens is 2. The molecule has 98 valence electrons. The molecule has 2 rings (SSSR count). The van der Waals surface area contributed by atoms with E-state index in [0.717, 1.165) is 11.1 Å². The highest BCUT2D eigenvalue weighted by Gasteiger charge is 2.12. The molecule has 0 aliphatic rings. The van der Waals surface area contributed by atoms with Gasteiger partial charge in [-0.2, -0.15) is 0 Å². The molecular formula is C15H13BrFNO. The second-order valence-corrected chi connectivity index (χ2v) is 5.28. The van der Waals surface area contributed by atoms with Gasteiger partial charge in [0, 0.05) is 4.47 Å². The van der Waals surface area contributed by atoms with E-state index < -0.39 is 5.82 Å². The highest BCUT2D eigenvalue weighted by Crippen LogP contribution is 2.21. The van der Waals surface area contributed by atoms with Crippen LogP contribution in [0, 0.1) is 19.7 Å². The van der Waals surface area contributed by atoms with E-state index in [-0.39, 0.29) is 11.6 Å². The summed E-state index contributed by atoms with van der Waals surface area (Å²) in [5.41, 5.74) is 2.52. The SMILES string of the molecule is Cc1ccc(NC(=O)c2ccc(C)cc2Br)c(F)c1. The van der Waals surface area contributed by atoms with E-state index in [0.29, 0.717) is 10.0 Å². The summed E-state index contributed by atoms with van der Waals surface area (Å²) in [5.74, 6) is -0.772. The molecule has 4 heteroatoms. The second-order valence-electron chi connectivity index (χ2n) is 4.42. The summed E-state index contributed by atoms with van der Waals surface area (Å²) >= 11 is 3.34. The number of benzene rings is 2. The third-order valence-corrected chi connectivity index (χ3v) is 3.40. The molecule has 0 aromatic heterocycles. The van der Waals surface area contributed by atoms with Gasteiger partial charge < -0.3 is 5.32 Å². The van der Waals surface area contributed by atoms with Gasteiger partial charge in [-0.25, -0.2) is 4.39 Å². The third-order valence-electron chi connectivity index (χ3n) is 2.74. The van der Waals surface area contributed by atoms with Crippen molar-refractivity contribution in [1.29, 1.82) is 0 Å². The summed E-state index contributed by atoms with van der Waals surface area (Å²) in [6, 6.07) is 10.1. The number of amides is 1. The molecular weight excluding hydrogens is 309 g/mol. The maximum Gasteiger partial charge on any atom is 0.256 e. The minimum Gasteiger partial charge on any atom is -0.319 e. The van der Waals surface area contributed by atoms with Gasteiger partial charge in [-0.05, 0) is 65.2 Å². The molecule has 1 N–H and O–H groups in total. The summed E-state index contributed by atoms with van der Waals surface area (Å²) in [4.78, 5) is 12.1. The van der Waals surface area contributed by atoms with Crippen molar-refractivity contribution < 1.29 is 9.18 Å². The number of aryl methyl sites for hydroxylation is 2. The average Bonchev–Trinajstić information content (AvgIpc) is 2.32. The van der Waals surface area contributed by atoms with Gasteiger partial charge in [0.25, 0.3) is 5.91 Å². The van der Waals surface area contributed by atoms with Crippen molar-refractivity contribution >= 4 is 27.5 Å². The van der Waals surface area contributed by atoms with Crippen molar-refractivity contribution in [2.24, 2.45) is 0 Å². The fourth-order valence-electron chi connectivity index (χ4n) is 1.72. The van der Waals surface area contributed by atoms with Gasteiger partial charge in [0.05, 0.1) is 11.3 Å². The number of hydrogen-bond donors (Lipinski definition) is 1. The Labute approximate surface area is 119 Å². The average molecular weight is 322 g/mol. The lowest BCUT2D eigenvalue weighted by Crippen LogP contribution is -2.13. The minimum absolute atomic E-state index is 0.183. The van der Waals surface area contributed by atoms with E-state index in [9.17, 15) is 9.18 Å². The van der Waals surface area contributed by atoms with Gasteiger partial charge in [0.15, 0.2) is 0 Å². The minimum atomic E-state index is -0.434. The summed E-state index contributed by atoms with van der Waals surface area (Å²) in [7, 11) is 0. The van der Waals surface area contributed by atoms with E-state index in [2.05, 4.69) is 21.2 Å². The van der Waals surface area contributed by atoms with Crippen LogP contribution in [0.1, 0.15) is 21.5 Å². The summed E-state index contributed by atoms with van der Waals surface area (Å²) in [6.07, 6.45) is 0. The lowest BCUT2D eigenvalue weighted by Gasteiger charge is -2.09. The highest BCUT2D eigenvalue weighted by molar-refractivity contribution is 9.10. The van der Waals surface area contributed by atoms with Crippen molar-refractivity contribution in [3.05, 3.63) is 63.4 Å². The standard InChI is InChI=1S/C15H13BrFNO/c1-9-3-5-11(12(16)7-9)15(19)18-14-6-4-10(2)8-13(14)17/h3-8H,1-2H3,(H,18,19). The van der Waals surface area contributed by atoms with E-state index in [1.165, 1.54) is 6.07 Å². The van der Waals surface area contributed by atoms with Crippen LogP contribution in [-0.2, 0) is 0 Å². The van der Waals surface area contributed by atoms with Crippen molar-refractivity contribution in [1.82, 2.24) is 0 Å². The van der Waals surface area contributed by atoms with Crippen molar-refractivity contribution in [2.45, 2.75) is 13.8 Å². The van der Waals surface area contributed by atoms with Crippen molar-refractivity contribution in [3.63, 3.8) is 0 Å². The zero-order valence-electron chi connectivity index (χ0n) is 10.6. The number of carbonyl (C=O) groups is 1. The molecule has 0 heterocycles. The summed E-state index contributed by atoms with van der Waals surface area (Å²) in [5, 5.41) is 2.57. The fourth-order valence-corrected chi connectivity index (χ4v) is 2.39. The zero-order chi connectivity index (χ0) is 14.0. The Morgan fingerprint density at radius 2 is 1.74 bits per heavy atom. The Balaban J connectivity index is 2.25. The molecule has 0 spiro atoms. The van der Waals surface area contributed by atoms with Crippen LogP contribution in [0.5, 0.6) is 0 Å². The summed E-state index contributed by atoms with van der Waals surface area (Å²) < 4.78 is 14.4. The number of carbonyl (C=O) groups excluding carboxylic acids is 1. The quantitative estimate of drug-likeness (QED) is 0.869. The largest absolute Gasteiger partial charge is 0.319 e. The molecule has 0 bridgehead atoms. The smallest absolute Gasteiger partial charge is 0.256 e. The highest BCUT2D eigenvalue weighted by atomic mass is 79.9. The number of nitrogens with one attached hydrogen (secondary N) is 1. The molecule has 19 heavy (non-hydrogen) atoms. The van der Waals surface area contributed by atoms with Crippen LogP contribution in [0.25, 0.3) is 0 Å². The molecule has 2 aromatic carbocycles. The predicted molar refractivity (Wildman–Crippen MR) is 78.0 cm³/mol. The van der Waals surface area contributed by atoms with Gasteiger partial charge in [-0.3, -0.25) is 4.79 Å². The third kappa shape index (κ3) is 3.20. The van der Waals surface area contributed by atoms with Gasteiger partial charge >= 0.3 is 0 Å². The molecule has 0 aliphatic carbocycles. The van der Waals surface area contributed by atoms with Crippen LogP contribution in [0.3, 0.4) is 0 Å². The molecule has 0 unspecified atom stereocenters. The molecule has 0 aliphatic heterocycles. The normalized spacial score (nSPS) is 10.3. The molecule has 0 radical (unpaired) electrons. The molecule has 1 amide bonds. The van der Waals surface area contributed by atoms with E-state index in [4.69, 9.17) is 0 Å². The zero-order valence-corrected chi connectivity index (χ0v) is 12.2. The summed E-state index contributed by atoms with van der Waals surface area (Å²) in [6.45, 7) is 3.73. The number of hydrogen-bond acceptors (Lipinski definition) is 1. The van der Waals surface area contributed by atoms with Crippen LogP contribution in [0.2, 0.25) is 0 Å². The number of rotatable bonds is 2. The first-order chi connectivity index (χ1) is 8.97. The van der Waals surface area contributed by atoms with Crippen LogP contribution in [0.4, 0.5) is 10.1 Å². The second kappa shape index (κ2) is 5.53. The Morgan fingerprint density at radius 3 is 2.37 bits per heavy atom. The van der Waals surface area contributed by atoms with Crippen LogP contribution >= 0.6 is 15.9 Å². The van der Waals surface area contributed by atoms with E-state index in [1.807, 2.05) is 19.1 Å². The van der Waals surface area contributed by atoms with Gasteiger partial charge in [0.2, 0.25) is 0 Å². The van der Waals surface area contributed by atoms with Gasteiger partial charge in [0.1, 0.15) is 5.82 Å². The van der Waals surface area contributed by atoms with Crippen molar-refractivity contribution in [2.75, 3.05) is 5.32 Å². The van der Waals surface area contributed by atoms with E-state index in [1.54, 1.807) is 25.1 Å². The van der Waals surface area contributed by atoms with Crippen LogP contribution < -0.4 is 5.32 Å². The maximum absolute atomic E-state index is 13.7. The maximum atomic E-state index is 13.7. The first kappa shape index (κ1) is 13.7. The Hall–Kier alpha value is -1.68. The Bertz CT molecular complexity index is 640. The van der Waals surface area contributed by atoms with Gasteiger partial charge in [-0.1, -0.05) is 12.1 Å². The molecule has 2 nitrogen and oxygen atoms in total. The Morgan fingerprint density at radius 1 is 1.11 bits per heavy atom. The monoisotopic (exact) mass is 321 g/mol. The molecule has 0 saturated heterocycles. The van der Waals surface area contributed by atoms with Crippen LogP contribution in [0.15, 0.2) is 40.9 Å². The fraction of sp³-hybridized carbons (Fsp3) is 0.133. The number of anilines is 1.